The molecule has 0 saturated carbocycles. The molecule has 2 aliphatic rings. The normalized spacial score (nSPS) is 28.9. The van der Waals surface area contributed by atoms with Gasteiger partial charge >= 0.3 is 0 Å². The maximum absolute atomic E-state index is 12.1. The number of hydrogen-bond donors (Lipinski definition) is 2. The summed E-state index contributed by atoms with van der Waals surface area (Å²) in [6.07, 6.45) is 3.45. The van der Waals surface area contributed by atoms with Gasteiger partial charge in [0.05, 0.1) is 6.04 Å². The third-order valence-corrected chi connectivity index (χ3v) is 4.38. The predicted octanol–water partition coefficient (Wildman–Crippen LogP) is 0.211. The summed E-state index contributed by atoms with van der Waals surface area (Å²) in [6.45, 7) is 6.62. The maximum atomic E-state index is 12.1. The van der Waals surface area contributed by atoms with Gasteiger partial charge in [-0.2, -0.15) is 0 Å². The molecule has 2 N–H and O–H groups in total. The third kappa shape index (κ3) is 3.91. The minimum Gasteiger partial charge on any atom is -0.385 e. The summed E-state index contributed by atoms with van der Waals surface area (Å²) >= 11 is 0. The maximum Gasteiger partial charge on any atom is 0.237 e. The van der Waals surface area contributed by atoms with E-state index >= 15 is 0 Å². The number of methoxy groups -OCH3 is 1. The van der Waals surface area contributed by atoms with Crippen LogP contribution in [-0.4, -0.2) is 62.8 Å². The standard InChI is InChI=1S/C14H27N3O2/c1-11(14(18)16-7-4-8-19-2)17-9-12-5-3-6-15-13(12)10-17/h11-13,15H,3-10H2,1-2H3,(H,16,18)/t11?,12-,13+/m0/s1. The van der Waals surface area contributed by atoms with E-state index in [1.807, 2.05) is 6.92 Å². The van der Waals surface area contributed by atoms with Crippen molar-refractivity contribution in [2.24, 2.45) is 5.92 Å². The van der Waals surface area contributed by atoms with E-state index in [1.165, 1.54) is 12.8 Å². The molecule has 2 fully saturated rings. The van der Waals surface area contributed by atoms with Crippen LogP contribution >= 0.6 is 0 Å². The van der Waals surface area contributed by atoms with E-state index in [0.29, 0.717) is 19.2 Å². The Morgan fingerprint density at radius 1 is 1.53 bits per heavy atom. The van der Waals surface area contributed by atoms with Gasteiger partial charge in [-0.15, -0.1) is 0 Å². The number of fused-ring (bicyclic) bond motifs is 1. The second-order valence-electron chi connectivity index (χ2n) is 5.73. The van der Waals surface area contributed by atoms with Crippen LogP contribution in [-0.2, 0) is 9.53 Å². The van der Waals surface area contributed by atoms with Crippen molar-refractivity contribution in [1.29, 1.82) is 0 Å². The second-order valence-corrected chi connectivity index (χ2v) is 5.73. The van der Waals surface area contributed by atoms with E-state index < -0.39 is 0 Å². The topological polar surface area (TPSA) is 53.6 Å². The number of rotatable bonds is 6. The summed E-state index contributed by atoms with van der Waals surface area (Å²) in [5, 5.41) is 6.57. The summed E-state index contributed by atoms with van der Waals surface area (Å²) in [5.74, 6) is 0.882. The van der Waals surface area contributed by atoms with Crippen molar-refractivity contribution in [2.75, 3.05) is 39.9 Å². The highest BCUT2D eigenvalue weighted by atomic mass is 16.5. The lowest BCUT2D eigenvalue weighted by molar-refractivity contribution is -0.125. The van der Waals surface area contributed by atoms with E-state index in [9.17, 15) is 4.79 Å². The first-order chi connectivity index (χ1) is 9.22. The molecule has 3 atom stereocenters. The summed E-state index contributed by atoms with van der Waals surface area (Å²) in [7, 11) is 1.68. The Balaban J connectivity index is 1.73. The molecule has 1 amide bonds. The molecule has 0 aromatic carbocycles. The highest BCUT2D eigenvalue weighted by molar-refractivity contribution is 5.81. The number of amides is 1. The smallest absolute Gasteiger partial charge is 0.237 e. The summed E-state index contributed by atoms with van der Waals surface area (Å²) in [5.41, 5.74) is 0. The molecule has 0 spiro atoms. The van der Waals surface area contributed by atoms with Crippen molar-refractivity contribution >= 4 is 5.91 Å². The molecule has 0 aromatic heterocycles. The number of nitrogens with one attached hydrogen (secondary N) is 2. The Hall–Kier alpha value is -0.650. The lowest BCUT2D eigenvalue weighted by atomic mass is 9.94. The Labute approximate surface area is 116 Å². The van der Waals surface area contributed by atoms with Gasteiger partial charge in [0.15, 0.2) is 0 Å². The molecule has 5 heteroatoms. The van der Waals surface area contributed by atoms with Crippen molar-refractivity contribution in [3.63, 3.8) is 0 Å². The molecule has 110 valence electrons. The van der Waals surface area contributed by atoms with Gasteiger partial charge in [-0.3, -0.25) is 9.69 Å². The monoisotopic (exact) mass is 269 g/mol. The first kappa shape index (κ1) is 14.8. The van der Waals surface area contributed by atoms with Crippen molar-refractivity contribution in [3.05, 3.63) is 0 Å². The fourth-order valence-electron chi connectivity index (χ4n) is 3.14. The van der Waals surface area contributed by atoms with Crippen LogP contribution in [0, 0.1) is 5.92 Å². The van der Waals surface area contributed by atoms with Crippen molar-refractivity contribution in [2.45, 2.75) is 38.3 Å². The molecule has 2 aliphatic heterocycles. The lowest BCUT2D eigenvalue weighted by Gasteiger charge is -2.25. The van der Waals surface area contributed by atoms with Gasteiger partial charge in [0.2, 0.25) is 5.91 Å². The van der Waals surface area contributed by atoms with Gasteiger partial charge in [0.25, 0.3) is 0 Å². The van der Waals surface area contributed by atoms with E-state index in [4.69, 9.17) is 4.74 Å². The van der Waals surface area contributed by atoms with E-state index in [0.717, 1.165) is 32.0 Å². The Kier molecular flexibility index (Phi) is 5.60. The number of ether oxygens (including phenoxy) is 1. The first-order valence-corrected chi connectivity index (χ1v) is 7.46. The molecular formula is C14H27N3O2. The Morgan fingerprint density at radius 2 is 2.37 bits per heavy atom. The minimum atomic E-state index is -0.0186. The highest BCUT2D eigenvalue weighted by Gasteiger charge is 2.37. The van der Waals surface area contributed by atoms with Crippen LogP contribution in [0.3, 0.4) is 0 Å². The van der Waals surface area contributed by atoms with Crippen molar-refractivity contribution < 1.29 is 9.53 Å². The average Bonchev–Trinajstić information content (AvgIpc) is 2.86. The molecule has 5 nitrogen and oxygen atoms in total. The zero-order valence-corrected chi connectivity index (χ0v) is 12.2. The molecule has 0 radical (unpaired) electrons. The predicted molar refractivity (Wildman–Crippen MR) is 75.1 cm³/mol. The van der Waals surface area contributed by atoms with Gasteiger partial charge in [-0.25, -0.2) is 0 Å². The summed E-state index contributed by atoms with van der Waals surface area (Å²) < 4.78 is 4.98. The van der Waals surface area contributed by atoms with Crippen molar-refractivity contribution in [3.8, 4) is 0 Å². The van der Waals surface area contributed by atoms with Crippen LogP contribution in [0.1, 0.15) is 26.2 Å². The molecule has 0 aliphatic carbocycles. The molecule has 2 heterocycles. The van der Waals surface area contributed by atoms with Crippen LogP contribution in [0.2, 0.25) is 0 Å². The second kappa shape index (κ2) is 7.22. The number of carbonyl (C=O) groups is 1. The van der Waals surface area contributed by atoms with Gasteiger partial charge in [-0.1, -0.05) is 0 Å². The quantitative estimate of drug-likeness (QED) is 0.677. The zero-order chi connectivity index (χ0) is 13.7. The largest absolute Gasteiger partial charge is 0.385 e. The van der Waals surface area contributed by atoms with Crippen LogP contribution in [0.15, 0.2) is 0 Å². The SMILES string of the molecule is COCCCNC(=O)C(C)N1C[C@@H]2CCCN[C@@H]2C1. The lowest BCUT2D eigenvalue weighted by Crippen LogP contribution is -2.45. The minimum absolute atomic E-state index is 0.0186. The molecule has 2 saturated heterocycles. The average molecular weight is 269 g/mol. The zero-order valence-electron chi connectivity index (χ0n) is 12.2. The number of carbonyl (C=O) groups excluding carboxylic acids is 1. The van der Waals surface area contributed by atoms with Crippen LogP contribution < -0.4 is 10.6 Å². The Morgan fingerprint density at radius 3 is 3.11 bits per heavy atom. The molecule has 2 rings (SSSR count). The van der Waals surface area contributed by atoms with E-state index in [-0.39, 0.29) is 11.9 Å². The van der Waals surface area contributed by atoms with E-state index in [1.54, 1.807) is 7.11 Å². The number of likely N-dealkylation sites (tertiary alicyclic amines) is 1. The van der Waals surface area contributed by atoms with Gasteiger partial charge in [0, 0.05) is 39.4 Å². The Bertz CT molecular complexity index is 284. The molecule has 19 heavy (non-hydrogen) atoms. The fraction of sp³-hybridized carbons (Fsp3) is 0.929. The number of piperidine rings is 1. The van der Waals surface area contributed by atoms with Crippen molar-refractivity contribution in [1.82, 2.24) is 15.5 Å². The molecular weight excluding hydrogens is 242 g/mol. The van der Waals surface area contributed by atoms with Gasteiger partial charge < -0.3 is 15.4 Å². The highest BCUT2D eigenvalue weighted by Crippen LogP contribution is 2.26. The third-order valence-electron chi connectivity index (χ3n) is 4.38. The van der Waals surface area contributed by atoms with Gasteiger partial charge in [-0.05, 0) is 38.6 Å². The molecule has 0 aromatic rings. The van der Waals surface area contributed by atoms with Crippen LogP contribution in [0.4, 0.5) is 0 Å². The summed E-state index contributed by atoms with van der Waals surface area (Å²) in [4.78, 5) is 14.4. The number of nitrogens with zero attached hydrogens (tertiary/aromatic N) is 1. The molecule has 1 unspecified atom stereocenters. The number of hydrogen-bond acceptors (Lipinski definition) is 4. The first-order valence-electron chi connectivity index (χ1n) is 7.46. The summed E-state index contributed by atoms with van der Waals surface area (Å²) in [6, 6.07) is 0.576. The fourth-order valence-corrected chi connectivity index (χ4v) is 3.14. The van der Waals surface area contributed by atoms with Crippen LogP contribution in [0.25, 0.3) is 0 Å². The molecule has 0 bridgehead atoms. The van der Waals surface area contributed by atoms with Crippen LogP contribution in [0.5, 0.6) is 0 Å². The van der Waals surface area contributed by atoms with E-state index in [2.05, 4.69) is 15.5 Å². The van der Waals surface area contributed by atoms with Gasteiger partial charge in [0.1, 0.15) is 0 Å².